The predicted molar refractivity (Wildman–Crippen MR) is 208 cm³/mol. The number of rotatable bonds is 15. The van der Waals surface area contributed by atoms with Gasteiger partial charge in [0.25, 0.3) is 10.9 Å². The lowest BCUT2D eigenvalue weighted by molar-refractivity contribution is -0.139. The Labute approximate surface area is 317 Å². The average Bonchev–Trinajstić information content (AvgIpc) is 3.60. The number of nitrogens with one attached hydrogen (secondary N) is 2. The molecule has 0 fully saturated rings. The summed E-state index contributed by atoms with van der Waals surface area (Å²) in [5.74, 6) is -0.736. The number of ketones is 1. The summed E-state index contributed by atoms with van der Waals surface area (Å²) >= 11 is 12.9. The van der Waals surface area contributed by atoms with Gasteiger partial charge in [0.05, 0.1) is 6.61 Å². The SMILES string of the molecule is CCC(C)(C)c1ccc(OCCCC(=O)Nc2cccc(NC(=O)C(Cl)(C(=O)C(C)(C)C)n3nnc(-c4ccc(Cl)cc4)n3)c2)c(C(C)(C)CC)c1. The van der Waals surface area contributed by atoms with E-state index in [0.717, 1.165) is 23.4 Å². The van der Waals surface area contributed by atoms with Crippen LogP contribution in [0.15, 0.2) is 66.7 Å². The molecule has 0 bridgehead atoms. The quantitative estimate of drug-likeness (QED) is 0.0705. The zero-order chi connectivity index (χ0) is 38.5. The minimum atomic E-state index is -2.37. The lowest BCUT2D eigenvalue weighted by Gasteiger charge is -2.30. The lowest BCUT2D eigenvalue weighted by Crippen LogP contribution is -2.52. The van der Waals surface area contributed by atoms with E-state index < -0.39 is 22.1 Å². The Hall–Kier alpha value is -4.28. The first kappa shape index (κ1) is 40.5. The molecule has 4 aromatic rings. The zero-order valence-corrected chi connectivity index (χ0v) is 33.1. The van der Waals surface area contributed by atoms with Crippen LogP contribution in [-0.4, -0.2) is 44.4 Å². The van der Waals surface area contributed by atoms with Crippen molar-refractivity contribution in [1.29, 1.82) is 0 Å². The van der Waals surface area contributed by atoms with E-state index in [0.29, 0.717) is 35.0 Å². The third-order valence-corrected chi connectivity index (χ3v) is 10.3. The molecule has 1 unspecified atom stereocenters. The highest BCUT2D eigenvalue weighted by atomic mass is 35.5. The van der Waals surface area contributed by atoms with E-state index in [1.165, 1.54) is 11.1 Å². The van der Waals surface area contributed by atoms with Crippen LogP contribution >= 0.6 is 23.2 Å². The van der Waals surface area contributed by atoms with E-state index in [1.807, 2.05) is 0 Å². The number of benzene rings is 3. The molecule has 1 aromatic heterocycles. The highest BCUT2D eigenvalue weighted by Gasteiger charge is 2.53. The Kier molecular flexibility index (Phi) is 12.6. The molecular weight excluding hydrogens is 699 g/mol. The van der Waals surface area contributed by atoms with Crippen LogP contribution < -0.4 is 15.4 Å². The first-order chi connectivity index (χ1) is 24.3. The Balaban J connectivity index is 1.42. The number of ether oxygens (including phenoxy) is 1. The molecular formula is C40H50Cl2N6O4. The van der Waals surface area contributed by atoms with Gasteiger partial charge >= 0.3 is 0 Å². The topological polar surface area (TPSA) is 128 Å². The number of halogens is 2. The number of carbonyl (C=O) groups is 3. The molecule has 4 rings (SSSR count). The summed E-state index contributed by atoms with van der Waals surface area (Å²) < 4.78 is 6.24. The smallest absolute Gasteiger partial charge is 0.292 e. The first-order valence-electron chi connectivity index (χ1n) is 17.6. The van der Waals surface area contributed by atoms with Crippen LogP contribution in [0.1, 0.15) is 99.1 Å². The van der Waals surface area contributed by atoms with E-state index in [1.54, 1.807) is 69.3 Å². The lowest BCUT2D eigenvalue weighted by atomic mass is 9.76. The number of alkyl halides is 1. The highest BCUT2D eigenvalue weighted by Crippen LogP contribution is 2.39. The van der Waals surface area contributed by atoms with E-state index in [9.17, 15) is 14.4 Å². The molecule has 278 valence electrons. The van der Waals surface area contributed by atoms with Gasteiger partial charge in [0, 0.05) is 39.4 Å². The van der Waals surface area contributed by atoms with Crippen LogP contribution in [0.25, 0.3) is 11.4 Å². The summed E-state index contributed by atoms with van der Waals surface area (Å²) in [6.45, 7) is 18.6. The van der Waals surface area contributed by atoms with Gasteiger partial charge in [-0.1, -0.05) is 104 Å². The summed E-state index contributed by atoms with van der Waals surface area (Å²) in [6.07, 6.45) is 2.72. The normalized spacial score (nSPS) is 13.3. The number of hydrogen-bond donors (Lipinski definition) is 2. The number of anilines is 2. The summed E-state index contributed by atoms with van der Waals surface area (Å²) in [5.41, 5.74) is 2.73. The van der Waals surface area contributed by atoms with Crippen LogP contribution in [0.2, 0.25) is 5.02 Å². The van der Waals surface area contributed by atoms with Crippen molar-refractivity contribution in [3.05, 3.63) is 82.9 Å². The van der Waals surface area contributed by atoms with Gasteiger partial charge < -0.3 is 15.4 Å². The summed E-state index contributed by atoms with van der Waals surface area (Å²) in [5, 5.41) is 18.4. The number of nitrogens with zero attached hydrogens (tertiary/aromatic N) is 4. The van der Waals surface area contributed by atoms with Crippen molar-refractivity contribution >= 4 is 52.2 Å². The number of tetrazole rings is 1. The van der Waals surface area contributed by atoms with Gasteiger partial charge in [0.1, 0.15) is 5.75 Å². The third-order valence-electron chi connectivity index (χ3n) is 9.54. The molecule has 1 atom stereocenters. The van der Waals surface area contributed by atoms with Gasteiger partial charge in [-0.2, -0.15) is 0 Å². The molecule has 1 heterocycles. The van der Waals surface area contributed by atoms with Crippen molar-refractivity contribution in [2.24, 2.45) is 5.41 Å². The number of carbonyl (C=O) groups excluding carboxylic acids is 3. The maximum atomic E-state index is 13.8. The zero-order valence-electron chi connectivity index (χ0n) is 31.6. The standard InChI is InChI=1S/C40H50Cl2N6O4/c1-10-38(6,7)27-19-22-32(31(24-27)39(8,9)11-2)52-23-13-16-33(49)43-29-14-12-15-30(25-29)44-36(51)40(42,35(50)37(3,4)5)48-46-34(45-47-48)26-17-20-28(41)21-18-26/h12,14-15,17-22,24-25H,10-11,13,16,23H2,1-9H3,(H,43,49)(H,44,51). The second-order valence-corrected chi connectivity index (χ2v) is 16.3. The molecule has 3 aromatic carbocycles. The fraction of sp³-hybridized carbons (Fsp3) is 0.450. The molecule has 0 aliphatic heterocycles. The monoisotopic (exact) mass is 748 g/mol. The predicted octanol–water partition coefficient (Wildman–Crippen LogP) is 9.31. The van der Waals surface area contributed by atoms with E-state index in [4.69, 9.17) is 27.9 Å². The van der Waals surface area contributed by atoms with E-state index in [2.05, 4.69) is 85.8 Å². The number of Topliss-reactive ketones (excluding diaryl/α,β-unsaturated/α-hetero) is 1. The molecule has 0 aliphatic rings. The van der Waals surface area contributed by atoms with Crippen LogP contribution in [-0.2, 0) is 30.2 Å². The largest absolute Gasteiger partial charge is 0.493 e. The molecule has 10 nitrogen and oxygen atoms in total. The number of amides is 2. The Bertz CT molecular complexity index is 1900. The van der Waals surface area contributed by atoms with Crippen LogP contribution in [0.4, 0.5) is 11.4 Å². The molecule has 0 radical (unpaired) electrons. The van der Waals surface area contributed by atoms with Crippen molar-refractivity contribution in [2.45, 2.75) is 104 Å². The second-order valence-electron chi connectivity index (χ2n) is 15.3. The maximum Gasteiger partial charge on any atom is 0.292 e. The molecule has 0 spiro atoms. The fourth-order valence-electron chi connectivity index (χ4n) is 5.37. The Morgan fingerprint density at radius 1 is 0.827 bits per heavy atom. The van der Waals surface area contributed by atoms with Crippen molar-refractivity contribution in [2.75, 3.05) is 17.2 Å². The van der Waals surface area contributed by atoms with Crippen LogP contribution in [0.3, 0.4) is 0 Å². The molecule has 12 heteroatoms. The summed E-state index contributed by atoms with van der Waals surface area (Å²) in [6, 6.07) is 19.7. The second kappa shape index (κ2) is 16.2. The fourth-order valence-corrected chi connectivity index (χ4v) is 5.90. The number of hydrogen-bond acceptors (Lipinski definition) is 7. The first-order valence-corrected chi connectivity index (χ1v) is 18.4. The van der Waals surface area contributed by atoms with Gasteiger partial charge in [-0.25, -0.2) is 0 Å². The highest BCUT2D eigenvalue weighted by molar-refractivity contribution is 6.45. The van der Waals surface area contributed by atoms with Gasteiger partial charge in [-0.15, -0.1) is 15.0 Å². The Morgan fingerprint density at radius 3 is 2.08 bits per heavy atom. The van der Waals surface area contributed by atoms with E-state index in [-0.39, 0.29) is 29.0 Å². The van der Waals surface area contributed by atoms with Crippen molar-refractivity contribution in [3.8, 4) is 17.1 Å². The Morgan fingerprint density at radius 2 is 1.46 bits per heavy atom. The summed E-state index contributed by atoms with van der Waals surface area (Å²) in [7, 11) is 0. The van der Waals surface area contributed by atoms with Crippen LogP contribution in [0.5, 0.6) is 5.75 Å². The van der Waals surface area contributed by atoms with Crippen molar-refractivity contribution in [3.63, 3.8) is 0 Å². The van der Waals surface area contributed by atoms with E-state index >= 15 is 0 Å². The van der Waals surface area contributed by atoms with Gasteiger partial charge in [0.2, 0.25) is 11.7 Å². The molecule has 52 heavy (non-hydrogen) atoms. The minimum absolute atomic E-state index is 0.0588. The van der Waals surface area contributed by atoms with Gasteiger partial charge in [-0.3, -0.25) is 14.4 Å². The summed E-state index contributed by atoms with van der Waals surface area (Å²) in [4.78, 5) is 38.9. The van der Waals surface area contributed by atoms with Gasteiger partial charge in [-0.05, 0) is 89.4 Å². The molecule has 0 saturated carbocycles. The average molecular weight is 750 g/mol. The molecule has 2 N–H and O–H groups in total. The number of aromatic nitrogens is 4. The molecule has 2 amide bonds. The minimum Gasteiger partial charge on any atom is -0.493 e. The molecule has 0 aliphatic carbocycles. The van der Waals surface area contributed by atoms with Crippen molar-refractivity contribution < 1.29 is 19.1 Å². The van der Waals surface area contributed by atoms with Crippen molar-refractivity contribution in [1.82, 2.24) is 20.2 Å². The maximum absolute atomic E-state index is 13.8. The molecule has 0 saturated heterocycles. The third kappa shape index (κ3) is 9.38. The van der Waals surface area contributed by atoms with Crippen LogP contribution in [0, 0.1) is 5.41 Å². The van der Waals surface area contributed by atoms with Gasteiger partial charge in [0.15, 0.2) is 5.78 Å².